The number of hydrogen-bond donors (Lipinski definition) is 3. The first-order valence-electron chi connectivity index (χ1n) is 11.3. The Kier molecular flexibility index (Phi) is 7.66. The standard InChI is InChI=1S/C24H27N5O5S/c1-4-14(3)20(26-23(31)25-16-7-9-17(10-8-16)32-5-2)21(30)27-24-29-28-22(35-24)15-6-11-18-19(12-15)34-13-33-18/h6-12,14,20H,4-5,13H2,1-3H3,(H2,25,26,31)(H,27,29,30)/t14-,20+/m1/s1. The van der Waals surface area contributed by atoms with Crippen molar-refractivity contribution in [3.63, 3.8) is 0 Å². The van der Waals surface area contributed by atoms with Crippen LogP contribution in [0.2, 0.25) is 0 Å². The molecule has 0 spiro atoms. The fourth-order valence-corrected chi connectivity index (χ4v) is 4.16. The Labute approximate surface area is 207 Å². The van der Waals surface area contributed by atoms with Crippen molar-refractivity contribution in [2.24, 2.45) is 5.92 Å². The summed E-state index contributed by atoms with van der Waals surface area (Å²) in [5.74, 6) is 1.56. The number of urea groups is 1. The van der Waals surface area contributed by atoms with Crippen molar-refractivity contribution in [1.29, 1.82) is 0 Å². The third-order valence-electron chi connectivity index (χ3n) is 5.48. The van der Waals surface area contributed by atoms with E-state index >= 15 is 0 Å². The van der Waals surface area contributed by atoms with Crippen LogP contribution in [-0.2, 0) is 4.79 Å². The lowest BCUT2D eigenvalue weighted by Gasteiger charge is -2.23. The van der Waals surface area contributed by atoms with Crippen LogP contribution in [0.4, 0.5) is 15.6 Å². The number of carbonyl (C=O) groups excluding carboxylic acids is 2. The molecule has 0 radical (unpaired) electrons. The molecule has 1 aliphatic rings. The van der Waals surface area contributed by atoms with E-state index in [0.29, 0.717) is 46.1 Å². The zero-order chi connectivity index (χ0) is 24.8. The van der Waals surface area contributed by atoms with Gasteiger partial charge in [-0.15, -0.1) is 10.2 Å². The molecule has 3 aromatic rings. The fourth-order valence-electron chi connectivity index (χ4n) is 3.41. The van der Waals surface area contributed by atoms with Gasteiger partial charge in [0.05, 0.1) is 6.61 Å². The molecule has 10 nitrogen and oxygen atoms in total. The van der Waals surface area contributed by atoms with Crippen molar-refractivity contribution in [1.82, 2.24) is 15.5 Å². The average molecular weight is 498 g/mol. The van der Waals surface area contributed by atoms with Crippen molar-refractivity contribution in [2.45, 2.75) is 33.2 Å². The number of nitrogens with zero attached hydrogens (tertiary/aromatic N) is 2. The molecule has 0 saturated carbocycles. The molecule has 1 aromatic heterocycles. The molecule has 35 heavy (non-hydrogen) atoms. The number of hydrogen-bond acceptors (Lipinski definition) is 8. The zero-order valence-electron chi connectivity index (χ0n) is 19.7. The molecule has 2 heterocycles. The molecule has 184 valence electrons. The minimum absolute atomic E-state index is 0.109. The number of fused-ring (bicyclic) bond motifs is 1. The Morgan fingerprint density at radius 1 is 1.06 bits per heavy atom. The van der Waals surface area contributed by atoms with Gasteiger partial charge < -0.3 is 24.8 Å². The van der Waals surface area contributed by atoms with Gasteiger partial charge in [-0.1, -0.05) is 31.6 Å². The Morgan fingerprint density at radius 3 is 2.57 bits per heavy atom. The number of rotatable bonds is 9. The van der Waals surface area contributed by atoms with Crippen LogP contribution in [-0.4, -0.2) is 41.6 Å². The van der Waals surface area contributed by atoms with Gasteiger partial charge >= 0.3 is 6.03 Å². The highest BCUT2D eigenvalue weighted by molar-refractivity contribution is 7.18. The van der Waals surface area contributed by atoms with Gasteiger partial charge in [-0.05, 0) is 55.3 Å². The summed E-state index contributed by atoms with van der Waals surface area (Å²) in [6, 6.07) is 11.3. The average Bonchev–Trinajstić information content (AvgIpc) is 3.52. The molecule has 2 aromatic carbocycles. The van der Waals surface area contributed by atoms with Gasteiger partial charge in [0.1, 0.15) is 16.8 Å². The lowest BCUT2D eigenvalue weighted by atomic mass is 9.98. The van der Waals surface area contributed by atoms with Crippen LogP contribution in [0.15, 0.2) is 42.5 Å². The van der Waals surface area contributed by atoms with E-state index in [2.05, 4.69) is 26.1 Å². The van der Waals surface area contributed by atoms with E-state index in [1.165, 1.54) is 11.3 Å². The molecule has 3 amide bonds. The zero-order valence-corrected chi connectivity index (χ0v) is 20.5. The Balaban J connectivity index is 1.39. The maximum Gasteiger partial charge on any atom is 0.319 e. The third kappa shape index (κ3) is 5.99. The summed E-state index contributed by atoms with van der Waals surface area (Å²) in [5, 5.41) is 17.5. The maximum atomic E-state index is 13.0. The van der Waals surface area contributed by atoms with Gasteiger partial charge in [0.25, 0.3) is 0 Å². The predicted octanol–water partition coefficient (Wildman–Crippen LogP) is 4.51. The van der Waals surface area contributed by atoms with Gasteiger partial charge in [0.15, 0.2) is 11.5 Å². The summed E-state index contributed by atoms with van der Waals surface area (Å²) in [6.45, 7) is 6.51. The van der Waals surface area contributed by atoms with Crippen LogP contribution in [0.5, 0.6) is 17.2 Å². The summed E-state index contributed by atoms with van der Waals surface area (Å²) >= 11 is 1.23. The van der Waals surface area contributed by atoms with Crippen molar-refractivity contribution >= 4 is 34.1 Å². The van der Waals surface area contributed by atoms with E-state index in [1.54, 1.807) is 24.3 Å². The lowest BCUT2D eigenvalue weighted by Crippen LogP contribution is -2.49. The minimum atomic E-state index is -0.763. The van der Waals surface area contributed by atoms with Gasteiger partial charge in [-0.2, -0.15) is 0 Å². The third-order valence-corrected chi connectivity index (χ3v) is 6.37. The Hall–Kier alpha value is -3.86. The first-order valence-corrected chi connectivity index (χ1v) is 12.1. The van der Waals surface area contributed by atoms with Crippen molar-refractivity contribution < 1.29 is 23.8 Å². The quantitative estimate of drug-likeness (QED) is 0.397. The van der Waals surface area contributed by atoms with Crippen LogP contribution in [0, 0.1) is 5.92 Å². The molecule has 4 rings (SSSR count). The molecule has 11 heteroatoms. The van der Waals surface area contributed by atoms with Crippen LogP contribution < -0.4 is 30.2 Å². The Bertz CT molecular complexity index is 1180. The molecule has 0 fully saturated rings. The summed E-state index contributed by atoms with van der Waals surface area (Å²) < 4.78 is 16.2. The number of anilines is 2. The summed E-state index contributed by atoms with van der Waals surface area (Å²) in [4.78, 5) is 25.7. The number of carbonyl (C=O) groups is 2. The molecule has 2 atom stereocenters. The van der Waals surface area contributed by atoms with E-state index in [4.69, 9.17) is 14.2 Å². The highest BCUT2D eigenvalue weighted by Gasteiger charge is 2.27. The first-order chi connectivity index (χ1) is 17.0. The molecule has 0 unspecified atom stereocenters. The second kappa shape index (κ2) is 11.0. The number of ether oxygens (including phenoxy) is 3. The molecule has 1 aliphatic heterocycles. The van der Waals surface area contributed by atoms with Crippen LogP contribution in [0.3, 0.4) is 0 Å². The van der Waals surface area contributed by atoms with E-state index in [-0.39, 0.29) is 18.6 Å². The van der Waals surface area contributed by atoms with Crippen molar-refractivity contribution in [3.8, 4) is 27.8 Å². The second-order valence-electron chi connectivity index (χ2n) is 7.89. The monoisotopic (exact) mass is 497 g/mol. The summed E-state index contributed by atoms with van der Waals surface area (Å²) in [6.07, 6.45) is 0.694. The van der Waals surface area contributed by atoms with E-state index in [9.17, 15) is 9.59 Å². The van der Waals surface area contributed by atoms with Crippen molar-refractivity contribution in [3.05, 3.63) is 42.5 Å². The molecular formula is C24H27N5O5S. The molecule has 0 saturated heterocycles. The van der Waals surface area contributed by atoms with Crippen LogP contribution in [0.25, 0.3) is 10.6 Å². The number of benzene rings is 2. The smallest absolute Gasteiger partial charge is 0.319 e. The minimum Gasteiger partial charge on any atom is -0.494 e. The normalized spacial score (nSPS) is 13.6. The molecule has 0 aliphatic carbocycles. The van der Waals surface area contributed by atoms with Gasteiger partial charge in [0, 0.05) is 11.3 Å². The number of aromatic nitrogens is 2. The van der Waals surface area contributed by atoms with Gasteiger partial charge in [-0.3, -0.25) is 10.1 Å². The van der Waals surface area contributed by atoms with E-state index in [1.807, 2.05) is 39.0 Å². The van der Waals surface area contributed by atoms with E-state index < -0.39 is 12.1 Å². The Morgan fingerprint density at radius 2 is 1.83 bits per heavy atom. The second-order valence-corrected chi connectivity index (χ2v) is 8.87. The summed E-state index contributed by atoms with van der Waals surface area (Å²) in [7, 11) is 0. The highest BCUT2D eigenvalue weighted by atomic mass is 32.1. The number of amides is 3. The lowest BCUT2D eigenvalue weighted by molar-refractivity contribution is -0.119. The van der Waals surface area contributed by atoms with Gasteiger partial charge in [0.2, 0.25) is 17.8 Å². The van der Waals surface area contributed by atoms with Crippen molar-refractivity contribution in [2.75, 3.05) is 24.0 Å². The largest absolute Gasteiger partial charge is 0.494 e. The van der Waals surface area contributed by atoms with Crippen LogP contribution >= 0.6 is 11.3 Å². The molecular weight excluding hydrogens is 470 g/mol. The number of nitrogens with one attached hydrogen (secondary N) is 3. The highest BCUT2D eigenvalue weighted by Crippen LogP contribution is 2.37. The van der Waals surface area contributed by atoms with Gasteiger partial charge in [-0.25, -0.2) is 4.79 Å². The summed E-state index contributed by atoms with van der Waals surface area (Å²) in [5.41, 5.74) is 1.39. The first kappa shape index (κ1) is 24.3. The molecule has 0 bridgehead atoms. The topological polar surface area (TPSA) is 124 Å². The van der Waals surface area contributed by atoms with E-state index in [0.717, 1.165) is 5.56 Å². The SMILES string of the molecule is CCOc1ccc(NC(=O)N[C@H](C(=O)Nc2nnc(-c3ccc4c(c3)OCO4)s2)[C@H](C)CC)cc1. The fraction of sp³-hybridized carbons (Fsp3) is 0.333. The maximum absolute atomic E-state index is 13.0. The predicted molar refractivity (Wildman–Crippen MR) is 133 cm³/mol. The van der Waals surface area contributed by atoms with Crippen LogP contribution in [0.1, 0.15) is 27.2 Å². The molecule has 3 N–H and O–H groups in total.